The number of aromatic nitrogens is 2. The molecule has 4 aromatic rings. The number of hydrogen-bond donors (Lipinski definition) is 2. The lowest BCUT2D eigenvalue weighted by atomic mass is 10.0. The lowest BCUT2D eigenvalue weighted by Gasteiger charge is -2.20. The van der Waals surface area contributed by atoms with Crippen molar-refractivity contribution in [2.75, 3.05) is 18.4 Å². The largest absolute Gasteiger partial charge is 0.416 e. The Morgan fingerprint density at radius 2 is 1.82 bits per heavy atom. The fourth-order valence-corrected chi connectivity index (χ4v) is 4.98. The number of imidazole rings is 1. The van der Waals surface area contributed by atoms with Crippen molar-refractivity contribution >= 4 is 22.6 Å². The number of halogens is 3. The average Bonchev–Trinajstić information content (AvgIpc) is 3.52. The molecule has 1 atom stereocenters. The van der Waals surface area contributed by atoms with Crippen molar-refractivity contribution in [3.63, 3.8) is 0 Å². The zero-order chi connectivity index (χ0) is 28.6. The van der Waals surface area contributed by atoms with Crippen molar-refractivity contribution < 1.29 is 23.1 Å². The first-order valence-electron chi connectivity index (χ1n) is 13.0. The minimum Gasteiger partial charge on any atom is -0.392 e. The Balaban J connectivity index is 1.38. The monoisotopic (exact) mass is 546 g/mol. The number of carbonyl (C=O) groups is 1. The van der Waals surface area contributed by atoms with Gasteiger partial charge in [-0.15, -0.1) is 0 Å². The summed E-state index contributed by atoms with van der Waals surface area (Å²) < 4.78 is 43.4. The van der Waals surface area contributed by atoms with E-state index in [1.807, 2.05) is 32.9 Å². The molecule has 1 aliphatic heterocycles. The number of likely N-dealkylation sites (tertiary alicyclic amines) is 1. The fourth-order valence-electron chi connectivity index (χ4n) is 4.98. The van der Waals surface area contributed by atoms with E-state index in [9.17, 15) is 23.1 Å². The van der Waals surface area contributed by atoms with Crippen molar-refractivity contribution in [1.29, 1.82) is 0 Å². The zero-order valence-electron chi connectivity index (χ0n) is 22.4. The Labute approximate surface area is 230 Å². The van der Waals surface area contributed by atoms with E-state index < -0.39 is 23.8 Å². The molecular weight excluding hydrogens is 517 g/mol. The van der Waals surface area contributed by atoms with Gasteiger partial charge in [0, 0.05) is 42.5 Å². The first-order chi connectivity index (χ1) is 19.0. The third-order valence-corrected chi connectivity index (χ3v) is 7.22. The number of amides is 1. The van der Waals surface area contributed by atoms with Gasteiger partial charge < -0.3 is 10.4 Å². The molecule has 1 unspecified atom stereocenters. The summed E-state index contributed by atoms with van der Waals surface area (Å²) >= 11 is 0. The molecule has 1 aliphatic rings. The lowest BCUT2D eigenvalue weighted by Crippen LogP contribution is -2.23. The van der Waals surface area contributed by atoms with Gasteiger partial charge in [-0.1, -0.05) is 24.3 Å². The van der Waals surface area contributed by atoms with Crippen LogP contribution in [0.15, 0.2) is 54.9 Å². The van der Waals surface area contributed by atoms with Gasteiger partial charge in [0.1, 0.15) is 6.33 Å². The van der Waals surface area contributed by atoms with Crippen LogP contribution in [-0.2, 0) is 12.7 Å². The number of aliphatic hydroxyl groups is 1. The molecule has 0 spiro atoms. The van der Waals surface area contributed by atoms with Crippen LogP contribution in [0.25, 0.3) is 11.0 Å². The summed E-state index contributed by atoms with van der Waals surface area (Å²) in [6, 6.07) is 16.0. The number of carbonyl (C=O) groups excluding carboxylic acids is 1. The molecule has 0 bridgehead atoms. The Hall–Kier alpha value is -4.13. The van der Waals surface area contributed by atoms with Gasteiger partial charge in [-0.2, -0.15) is 13.2 Å². The van der Waals surface area contributed by atoms with Gasteiger partial charge in [-0.3, -0.25) is 14.3 Å². The smallest absolute Gasteiger partial charge is 0.392 e. The van der Waals surface area contributed by atoms with Gasteiger partial charge >= 0.3 is 6.18 Å². The number of nitrogens with one attached hydrogen (secondary N) is 1. The summed E-state index contributed by atoms with van der Waals surface area (Å²) in [5.41, 5.74) is 4.99. The van der Waals surface area contributed by atoms with Crippen molar-refractivity contribution in [2.45, 2.75) is 46.0 Å². The number of fused-ring (bicyclic) bond motifs is 1. The number of rotatable bonds is 4. The van der Waals surface area contributed by atoms with E-state index >= 15 is 0 Å². The Bertz CT molecular complexity index is 1660. The fraction of sp³-hybridized carbons (Fsp3) is 0.290. The van der Waals surface area contributed by atoms with E-state index in [2.05, 4.69) is 22.3 Å². The van der Waals surface area contributed by atoms with Crippen LogP contribution in [0.1, 0.15) is 50.2 Å². The van der Waals surface area contributed by atoms with Gasteiger partial charge in [0.2, 0.25) is 0 Å². The number of benzene rings is 3. The van der Waals surface area contributed by atoms with Crippen LogP contribution in [-0.4, -0.2) is 44.7 Å². The first kappa shape index (κ1) is 27.4. The number of anilines is 1. The molecule has 0 saturated carbocycles. The molecule has 5 rings (SSSR count). The Kier molecular flexibility index (Phi) is 7.41. The maximum atomic E-state index is 13.9. The Morgan fingerprint density at radius 1 is 1.07 bits per heavy atom. The highest BCUT2D eigenvalue weighted by Crippen LogP contribution is 2.35. The standard InChI is InChI=1S/C31H29F3N4O2/c1-19-6-7-23(14-22(19)10-13-38-18-35-28-20(2)4-5-21(3)29(28)38)30(40)36-25-9-8-24(27(15-25)31(32,33)34)16-37-12-11-26(39)17-37/h4-9,14-15,18,26,39H,11-12,16-17H2,1-3H3,(H,36,40). The zero-order valence-corrected chi connectivity index (χ0v) is 22.4. The predicted octanol–water partition coefficient (Wildman–Crippen LogP) is 5.66. The molecule has 6 nitrogen and oxygen atoms in total. The van der Waals surface area contributed by atoms with Crippen molar-refractivity contribution in [2.24, 2.45) is 0 Å². The van der Waals surface area contributed by atoms with E-state index in [-0.39, 0.29) is 23.4 Å². The second-order valence-corrected chi connectivity index (χ2v) is 10.3. The summed E-state index contributed by atoms with van der Waals surface area (Å²) in [7, 11) is 0. The van der Waals surface area contributed by atoms with Crippen LogP contribution in [0.2, 0.25) is 0 Å². The highest BCUT2D eigenvalue weighted by molar-refractivity contribution is 6.04. The van der Waals surface area contributed by atoms with Crippen LogP contribution < -0.4 is 5.32 Å². The molecular formula is C31H29F3N4O2. The number of β-amino-alcohol motifs (C(OH)–C–C–N with tert-alkyl or cyclic N) is 1. The quantitative estimate of drug-likeness (QED) is 0.324. The van der Waals surface area contributed by atoms with Crippen LogP contribution in [0.3, 0.4) is 0 Å². The van der Waals surface area contributed by atoms with Crippen LogP contribution in [0, 0.1) is 32.7 Å². The molecule has 2 heterocycles. The minimum absolute atomic E-state index is 0.0477. The number of hydrogen-bond acceptors (Lipinski definition) is 4. The number of aliphatic hydroxyl groups excluding tert-OH is 1. The first-order valence-corrected chi connectivity index (χ1v) is 13.0. The lowest BCUT2D eigenvalue weighted by molar-refractivity contribution is -0.138. The topological polar surface area (TPSA) is 70.4 Å². The summed E-state index contributed by atoms with van der Waals surface area (Å²) in [5.74, 6) is 2.57. The second-order valence-electron chi connectivity index (χ2n) is 10.3. The van der Waals surface area contributed by atoms with E-state index in [0.717, 1.165) is 33.8 Å². The SMILES string of the molecule is Cc1ccc(C(=O)Nc2ccc(CN3CCC(O)C3)c(C(F)(F)F)c2)cc1C#Cn1cnc2c(C)ccc(C)c21. The molecule has 2 N–H and O–H groups in total. The van der Waals surface area contributed by atoms with Crippen molar-refractivity contribution in [3.8, 4) is 12.0 Å². The van der Waals surface area contributed by atoms with Gasteiger partial charge in [-0.05, 0) is 79.6 Å². The normalized spacial score (nSPS) is 15.7. The number of alkyl halides is 3. The predicted molar refractivity (Wildman–Crippen MR) is 148 cm³/mol. The average molecular weight is 547 g/mol. The van der Waals surface area contributed by atoms with Crippen LogP contribution >= 0.6 is 0 Å². The van der Waals surface area contributed by atoms with Crippen molar-refractivity contribution in [3.05, 3.63) is 93.8 Å². The molecule has 3 aromatic carbocycles. The van der Waals surface area contributed by atoms with E-state index in [0.29, 0.717) is 25.1 Å². The molecule has 9 heteroatoms. The number of nitrogens with zero attached hydrogens (tertiary/aromatic N) is 3. The molecule has 0 radical (unpaired) electrons. The van der Waals surface area contributed by atoms with Gasteiger partial charge in [-0.25, -0.2) is 4.98 Å². The third-order valence-electron chi connectivity index (χ3n) is 7.22. The van der Waals surface area contributed by atoms with Crippen LogP contribution in [0.4, 0.5) is 18.9 Å². The van der Waals surface area contributed by atoms with E-state index in [1.54, 1.807) is 34.0 Å². The summed E-state index contributed by atoms with van der Waals surface area (Å²) in [6.07, 6.45) is -2.91. The summed E-state index contributed by atoms with van der Waals surface area (Å²) in [4.78, 5) is 19.3. The van der Waals surface area contributed by atoms with E-state index in [1.165, 1.54) is 12.1 Å². The molecule has 206 valence electrons. The summed E-state index contributed by atoms with van der Waals surface area (Å²) in [6.45, 7) is 6.80. The molecule has 1 amide bonds. The number of aryl methyl sites for hydroxylation is 3. The van der Waals surface area contributed by atoms with Gasteiger partial charge in [0.05, 0.1) is 22.7 Å². The third kappa shape index (κ3) is 5.74. The maximum Gasteiger partial charge on any atom is 0.416 e. The molecule has 1 aromatic heterocycles. The molecule has 1 fully saturated rings. The molecule has 0 aliphatic carbocycles. The highest BCUT2D eigenvalue weighted by atomic mass is 19.4. The summed E-state index contributed by atoms with van der Waals surface area (Å²) in [5, 5.41) is 12.3. The van der Waals surface area contributed by atoms with Gasteiger partial charge in [0.25, 0.3) is 5.91 Å². The van der Waals surface area contributed by atoms with Gasteiger partial charge in [0.15, 0.2) is 0 Å². The van der Waals surface area contributed by atoms with Crippen LogP contribution in [0.5, 0.6) is 0 Å². The highest BCUT2D eigenvalue weighted by Gasteiger charge is 2.34. The molecule has 1 saturated heterocycles. The maximum absolute atomic E-state index is 13.9. The van der Waals surface area contributed by atoms with E-state index in [4.69, 9.17) is 0 Å². The minimum atomic E-state index is -4.59. The van der Waals surface area contributed by atoms with Crippen molar-refractivity contribution in [1.82, 2.24) is 14.5 Å². The Morgan fingerprint density at radius 3 is 2.55 bits per heavy atom. The molecule has 40 heavy (non-hydrogen) atoms. The second kappa shape index (κ2) is 10.8.